The lowest BCUT2D eigenvalue weighted by molar-refractivity contribution is -0.117. The van der Waals surface area contributed by atoms with E-state index in [9.17, 15) is 13.6 Å². The molecule has 0 aliphatic rings. The number of carbonyl (C=O) groups is 1. The Balaban J connectivity index is 1.85. The highest BCUT2D eigenvalue weighted by atomic mass is 32.1. The van der Waals surface area contributed by atoms with E-state index in [-0.39, 0.29) is 18.2 Å². The zero-order valence-electron chi connectivity index (χ0n) is 12.7. The summed E-state index contributed by atoms with van der Waals surface area (Å²) in [6.45, 7) is 0.891. The van der Waals surface area contributed by atoms with Crippen molar-refractivity contribution in [3.8, 4) is 5.75 Å². The Hall–Kier alpha value is -1.99. The molecule has 0 spiro atoms. The molecule has 1 aromatic heterocycles. The van der Waals surface area contributed by atoms with E-state index in [1.54, 1.807) is 11.3 Å². The highest BCUT2D eigenvalue weighted by Crippen LogP contribution is 2.18. The lowest BCUT2D eigenvalue weighted by Crippen LogP contribution is -2.32. The molecule has 0 fully saturated rings. The van der Waals surface area contributed by atoms with Gasteiger partial charge < -0.3 is 10.1 Å². The summed E-state index contributed by atoms with van der Waals surface area (Å²) in [5.74, 6) is -0.0863. The number of nitrogens with zero attached hydrogens (tertiary/aromatic N) is 1. The molecule has 1 aromatic carbocycles. The predicted octanol–water partition coefficient (Wildman–Crippen LogP) is 3.81. The first-order chi connectivity index (χ1) is 11.1. The number of benzene rings is 1. The lowest BCUT2D eigenvalue weighted by Gasteiger charge is -2.19. The van der Waals surface area contributed by atoms with E-state index in [4.69, 9.17) is 0 Å². The number of ether oxygens (including phenoxy) is 1. The van der Waals surface area contributed by atoms with Crippen LogP contribution in [0.1, 0.15) is 11.8 Å². The summed E-state index contributed by atoms with van der Waals surface area (Å²) in [5.41, 5.74) is 0.545. The Morgan fingerprint density at radius 3 is 2.61 bits per heavy atom. The van der Waals surface area contributed by atoms with Gasteiger partial charge in [0.05, 0.1) is 6.54 Å². The summed E-state index contributed by atoms with van der Waals surface area (Å²) in [7, 11) is 0. The minimum Gasteiger partial charge on any atom is -0.435 e. The number of hydrogen-bond acceptors (Lipinski definition) is 4. The van der Waals surface area contributed by atoms with Crippen molar-refractivity contribution in [2.75, 3.05) is 18.4 Å². The monoisotopic (exact) mass is 340 g/mol. The second-order valence-electron chi connectivity index (χ2n) is 4.83. The van der Waals surface area contributed by atoms with Crippen LogP contribution in [0.4, 0.5) is 14.5 Å². The van der Waals surface area contributed by atoms with Gasteiger partial charge in [-0.25, -0.2) is 0 Å². The molecule has 1 heterocycles. The third-order valence-corrected chi connectivity index (χ3v) is 4.00. The average Bonchev–Trinajstić information content (AvgIpc) is 3.01. The molecule has 1 amide bonds. The molecule has 0 atom stereocenters. The molecule has 2 rings (SSSR count). The van der Waals surface area contributed by atoms with Crippen LogP contribution >= 0.6 is 11.3 Å². The number of rotatable bonds is 8. The Bertz CT molecular complexity index is 603. The van der Waals surface area contributed by atoms with Crippen molar-refractivity contribution < 1.29 is 18.3 Å². The normalized spacial score (nSPS) is 11.0. The van der Waals surface area contributed by atoms with Crippen LogP contribution in [0.15, 0.2) is 41.8 Å². The quantitative estimate of drug-likeness (QED) is 0.794. The van der Waals surface area contributed by atoms with E-state index >= 15 is 0 Å². The minimum absolute atomic E-state index is 0.0610. The molecule has 0 saturated carbocycles. The van der Waals surface area contributed by atoms with Gasteiger partial charge in [-0.05, 0) is 42.3 Å². The summed E-state index contributed by atoms with van der Waals surface area (Å²) in [6.07, 6.45) is 0. The van der Waals surface area contributed by atoms with Crippen LogP contribution in [-0.2, 0) is 11.3 Å². The maximum atomic E-state index is 12.1. The van der Waals surface area contributed by atoms with Gasteiger partial charge in [-0.15, -0.1) is 11.3 Å². The molecule has 0 aliphatic heterocycles. The van der Waals surface area contributed by atoms with Crippen LogP contribution in [0.2, 0.25) is 0 Å². The van der Waals surface area contributed by atoms with E-state index < -0.39 is 6.61 Å². The van der Waals surface area contributed by atoms with Crippen molar-refractivity contribution in [1.29, 1.82) is 0 Å². The van der Waals surface area contributed by atoms with Crippen molar-refractivity contribution >= 4 is 22.9 Å². The average molecular weight is 340 g/mol. The lowest BCUT2D eigenvalue weighted by atomic mass is 10.3. The smallest absolute Gasteiger partial charge is 0.387 e. The van der Waals surface area contributed by atoms with Gasteiger partial charge in [0, 0.05) is 17.1 Å². The fraction of sp³-hybridized carbons (Fsp3) is 0.312. The van der Waals surface area contributed by atoms with Crippen molar-refractivity contribution in [2.45, 2.75) is 20.1 Å². The largest absolute Gasteiger partial charge is 0.435 e. The molecule has 124 valence electrons. The second kappa shape index (κ2) is 8.59. The maximum Gasteiger partial charge on any atom is 0.387 e. The molecule has 0 bridgehead atoms. The maximum absolute atomic E-state index is 12.1. The Kier molecular flexibility index (Phi) is 6.49. The number of likely N-dealkylation sites (N-methyl/N-ethyl adjacent to an activating group) is 1. The molecular weight excluding hydrogens is 322 g/mol. The summed E-state index contributed by atoms with van der Waals surface area (Å²) >= 11 is 1.66. The molecule has 2 aromatic rings. The van der Waals surface area contributed by atoms with Gasteiger partial charge in [-0.2, -0.15) is 8.78 Å². The number of carbonyl (C=O) groups excluding carboxylic acids is 1. The number of hydrogen-bond donors (Lipinski definition) is 1. The highest BCUT2D eigenvalue weighted by Gasteiger charge is 2.11. The summed E-state index contributed by atoms with van der Waals surface area (Å²) in [6, 6.07) is 9.87. The predicted molar refractivity (Wildman–Crippen MR) is 87.0 cm³/mol. The van der Waals surface area contributed by atoms with Crippen molar-refractivity contribution in [1.82, 2.24) is 4.90 Å². The Labute approximate surface area is 137 Å². The van der Waals surface area contributed by atoms with Crippen LogP contribution in [0.5, 0.6) is 5.75 Å². The molecule has 23 heavy (non-hydrogen) atoms. The van der Waals surface area contributed by atoms with Crippen LogP contribution in [0.25, 0.3) is 0 Å². The van der Waals surface area contributed by atoms with Crippen LogP contribution in [0.3, 0.4) is 0 Å². The SMILES string of the molecule is CCN(CC(=O)Nc1ccc(OC(F)F)cc1)Cc1cccs1. The fourth-order valence-electron chi connectivity index (χ4n) is 2.03. The molecule has 1 N–H and O–H groups in total. The van der Waals surface area contributed by atoms with E-state index in [0.717, 1.165) is 13.1 Å². The fourth-order valence-corrected chi connectivity index (χ4v) is 2.77. The van der Waals surface area contributed by atoms with Crippen molar-refractivity contribution in [3.05, 3.63) is 46.7 Å². The third kappa shape index (κ3) is 5.96. The van der Waals surface area contributed by atoms with E-state index in [0.29, 0.717) is 5.69 Å². The first-order valence-electron chi connectivity index (χ1n) is 7.16. The van der Waals surface area contributed by atoms with E-state index in [2.05, 4.69) is 10.1 Å². The van der Waals surface area contributed by atoms with Gasteiger partial charge in [0.15, 0.2) is 0 Å². The molecule has 0 saturated heterocycles. The number of anilines is 1. The van der Waals surface area contributed by atoms with Crippen LogP contribution in [-0.4, -0.2) is 30.5 Å². The molecule has 4 nitrogen and oxygen atoms in total. The molecule has 0 radical (unpaired) electrons. The van der Waals surface area contributed by atoms with E-state index in [1.807, 2.05) is 29.3 Å². The molecule has 0 aliphatic carbocycles. The zero-order chi connectivity index (χ0) is 16.7. The van der Waals surface area contributed by atoms with E-state index in [1.165, 1.54) is 29.1 Å². The Morgan fingerprint density at radius 1 is 1.30 bits per heavy atom. The van der Waals surface area contributed by atoms with Gasteiger partial charge in [0.25, 0.3) is 0 Å². The minimum atomic E-state index is -2.86. The second-order valence-corrected chi connectivity index (χ2v) is 5.87. The van der Waals surface area contributed by atoms with Gasteiger partial charge >= 0.3 is 6.61 Å². The first kappa shape index (κ1) is 17.4. The zero-order valence-corrected chi connectivity index (χ0v) is 13.5. The van der Waals surface area contributed by atoms with Gasteiger partial charge in [0.1, 0.15) is 5.75 Å². The standard InChI is InChI=1S/C16H18F2N2O2S/c1-2-20(10-14-4-3-9-23-14)11-15(21)19-12-5-7-13(8-6-12)22-16(17)18/h3-9,16H,2,10-11H2,1H3,(H,19,21). The van der Waals surface area contributed by atoms with Crippen LogP contribution in [0, 0.1) is 0 Å². The number of nitrogens with one attached hydrogen (secondary N) is 1. The Morgan fingerprint density at radius 2 is 2.04 bits per heavy atom. The number of alkyl halides is 2. The van der Waals surface area contributed by atoms with Gasteiger partial charge in [-0.3, -0.25) is 9.69 Å². The molecule has 0 unspecified atom stereocenters. The van der Waals surface area contributed by atoms with Gasteiger partial charge in [-0.1, -0.05) is 13.0 Å². The van der Waals surface area contributed by atoms with Crippen molar-refractivity contribution in [2.24, 2.45) is 0 Å². The summed E-state index contributed by atoms with van der Waals surface area (Å²) in [4.78, 5) is 15.3. The highest BCUT2D eigenvalue weighted by molar-refractivity contribution is 7.09. The number of thiophene rings is 1. The summed E-state index contributed by atoms with van der Waals surface area (Å²) in [5, 5.41) is 4.75. The van der Waals surface area contributed by atoms with Crippen molar-refractivity contribution in [3.63, 3.8) is 0 Å². The topological polar surface area (TPSA) is 41.6 Å². The third-order valence-electron chi connectivity index (χ3n) is 3.14. The van der Waals surface area contributed by atoms with Crippen LogP contribution < -0.4 is 10.1 Å². The first-order valence-corrected chi connectivity index (χ1v) is 8.04. The number of amides is 1. The summed E-state index contributed by atoms with van der Waals surface area (Å²) < 4.78 is 28.4. The molecular formula is C16H18F2N2O2S. The number of halogens is 2. The van der Waals surface area contributed by atoms with Gasteiger partial charge in [0.2, 0.25) is 5.91 Å². The molecule has 7 heteroatoms.